The summed E-state index contributed by atoms with van der Waals surface area (Å²) >= 11 is 0. The van der Waals surface area contributed by atoms with E-state index in [4.69, 9.17) is 0 Å². The minimum Gasteiger partial charge on any atom is -0.356 e. The van der Waals surface area contributed by atoms with Gasteiger partial charge in [-0.3, -0.25) is 9.69 Å². The summed E-state index contributed by atoms with van der Waals surface area (Å²) in [4.78, 5) is 17.5. The molecule has 3 fully saturated rings. The third-order valence-electron chi connectivity index (χ3n) is 6.87. The summed E-state index contributed by atoms with van der Waals surface area (Å²) in [5.41, 5.74) is 1.41. The second-order valence-electron chi connectivity index (χ2n) is 8.65. The Morgan fingerprint density at radius 2 is 2.00 bits per heavy atom. The Labute approximate surface area is 157 Å². The average Bonchev–Trinajstić information content (AvgIpc) is 3.30. The van der Waals surface area contributed by atoms with Crippen molar-refractivity contribution in [3.63, 3.8) is 0 Å². The standard InChI is InChI=1S/C22H33N3O/c1-24-12-13-25(21(16-24)18-6-3-2-4-7-18)11-5-10-23-22(26)20-15-17-8-9-19(20)14-17/h2-4,6-7,17,19-21H,5,8-16H2,1H3,(H,23,26)/t17-,19-,20+,21+/m0/s1. The SMILES string of the molecule is CN1CCN(CCCNC(=O)[C@@H]2C[C@H]3CC[C@H]2C3)[C@@H](c2ccccc2)C1. The molecule has 1 aromatic rings. The second-order valence-corrected chi connectivity index (χ2v) is 8.65. The predicted molar refractivity (Wildman–Crippen MR) is 105 cm³/mol. The maximum atomic E-state index is 12.5. The lowest BCUT2D eigenvalue weighted by molar-refractivity contribution is -0.126. The molecular weight excluding hydrogens is 322 g/mol. The number of carbonyl (C=O) groups is 1. The zero-order valence-electron chi connectivity index (χ0n) is 16.1. The molecule has 0 radical (unpaired) electrons. The van der Waals surface area contributed by atoms with Gasteiger partial charge in [0.2, 0.25) is 5.91 Å². The van der Waals surface area contributed by atoms with E-state index in [1.54, 1.807) is 0 Å². The normalized spacial score (nSPS) is 32.0. The Kier molecular flexibility index (Phi) is 5.60. The van der Waals surface area contributed by atoms with Crippen molar-refractivity contribution in [3.05, 3.63) is 35.9 Å². The quantitative estimate of drug-likeness (QED) is 0.797. The van der Waals surface area contributed by atoms with E-state index < -0.39 is 0 Å². The monoisotopic (exact) mass is 355 g/mol. The van der Waals surface area contributed by atoms with E-state index in [0.717, 1.165) is 51.5 Å². The van der Waals surface area contributed by atoms with Crippen LogP contribution in [0.3, 0.4) is 0 Å². The van der Waals surface area contributed by atoms with Gasteiger partial charge in [0.15, 0.2) is 0 Å². The van der Waals surface area contributed by atoms with Crippen molar-refractivity contribution in [2.45, 2.75) is 38.1 Å². The first-order valence-corrected chi connectivity index (χ1v) is 10.5. The van der Waals surface area contributed by atoms with E-state index in [2.05, 4.69) is 52.5 Å². The number of hydrogen-bond donors (Lipinski definition) is 1. The van der Waals surface area contributed by atoms with E-state index >= 15 is 0 Å². The number of nitrogens with one attached hydrogen (secondary N) is 1. The molecule has 1 amide bonds. The first-order valence-electron chi connectivity index (χ1n) is 10.5. The van der Waals surface area contributed by atoms with Gasteiger partial charge < -0.3 is 10.2 Å². The number of amides is 1. The summed E-state index contributed by atoms with van der Waals surface area (Å²) in [7, 11) is 2.21. The summed E-state index contributed by atoms with van der Waals surface area (Å²) in [5.74, 6) is 2.16. The smallest absolute Gasteiger partial charge is 0.223 e. The van der Waals surface area contributed by atoms with Crippen molar-refractivity contribution in [2.75, 3.05) is 39.8 Å². The molecule has 3 aliphatic rings. The zero-order valence-corrected chi connectivity index (χ0v) is 16.1. The molecule has 1 saturated heterocycles. The van der Waals surface area contributed by atoms with Gasteiger partial charge in [-0.25, -0.2) is 0 Å². The van der Waals surface area contributed by atoms with Crippen LogP contribution in [0.1, 0.15) is 43.7 Å². The van der Waals surface area contributed by atoms with Crippen LogP contribution in [0, 0.1) is 17.8 Å². The van der Waals surface area contributed by atoms with Crippen LogP contribution in [0.4, 0.5) is 0 Å². The first-order chi connectivity index (χ1) is 12.7. The van der Waals surface area contributed by atoms with Crippen LogP contribution in [-0.2, 0) is 4.79 Å². The summed E-state index contributed by atoms with van der Waals surface area (Å²) < 4.78 is 0. The molecule has 0 aromatic heterocycles. The van der Waals surface area contributed by atoms with Crippen molar-refractivity contribution < 1.29 is 4.79 Å². The lowest BCUT2D eigenvalue weighted by Crippen LogP contribution is -2.47. The lowest BCUT2D eigenvalue weighted by Gasteiger charge is -2.40. The minimum atomic E-state index is 0.314. The van der Waals surface area contributed by atoms with Crippen LogP contribution >= 0.6 is 0 Å². The van der Waals surface area contributed by atoms with Gasteiger partial charge in [-0.1, -0.05) is 36.8 Å². The number of likely N-dealkylation sites (N-methyl/N-ethyl adjacent to an activating group) is 1. The second kappa shape index (κ2) is 8.10. The van der Waals surface area contributed by atoms with Crippen molar-refractivity contribution in [1.82, 2.24) is 15.1 Å². The van der Waals surface area contributed by atoms with Gasteiger partial charge in [-0.05, 0) is 50.1 Å². The van der Waals surface area contributed by atoms with Crippen LogP contribution < -0.4 is 5.32 Å². The fourth-order valence-corrected chi connectivity index (χ4v) is 5.41. The molecule has 4 rings (SSSR count). The molecule has 1 heterocycles. The molecule has 1 aliphatic heterocycles. The molecule has 0 unspecified atom stereocenters. The van der Waals surface area contributed by atoms with Crippen LogP contribution in [-0.4, -0.2) is 55.5 Å². The highest BCUT2D eigenvalue weighted by Crippen LogP contribution is 2.48. The van der Waals surface area contributed by atoms with Crippen LogP contribution in [0.15, 0.2) is 30.3 Å². The zero-order chi connectivity index (χ0) is 17.9. The van der Waals surface area contributed by atoms with Gasteiger partial charge in [-0.2, -0.15) is 0 Å². The fourth-order valence-electron chi connectivity index (χ4n) is 5.41. The van der Waals surface area contributed by atoms with Gasteiger partial charge in [0.25, 0.3) is 0 Å². The van der Waals surface area contributed by atoms with Crippen LogP contribution in [0.5, 0.6) is 0 Å². The maximum absolute atomic E-state index is 12.5. The number of nitrogens with zero attached hydrogens (tertiary/aromatic N) is 2. The average molecular weight is 356 g/mol. The van der Waals surface area contributed by atoms with Gasteiger partial charge in [0, 0.05) is 44.7 Å². The van der Waals surface area contributed by atoms with Crippen LogP contribution in [0.25, 0.3) is 0 Å². The van der Waals surface area contributed by atoms with Crippen molar-refractivity contribution in [2.24, 2.45) is 17.8 Å². The van der Waals surface area contributed by atoms with E-state index in [0.29, 0.717) is 23.8 Å². The highest BCUT2D eigenvalue weighted by atomic mass is 16.1. The predicted octanol–water partition coefficient (Wildman–Crippen LogP) is 2.92. The number of fused-ring (bicyclic) bond motifs is 2. The Balaban J connectivity index is 1.24. The third-order valence-corrected chi connectivity index (χ3v) is 6.87. The Morgan fingerprint density at radius 3 is 2.73 bits per heavy atom. The summed E-state index contributed by atoms with van der Waals surface area (Å²) in [6, 6.07) is 11.3. The first kappa shape index (κ1) is 18.0. The lowest BCUT2D eigenvalue weighted by atomic mass is 9.88. The number of carbonyl (C=O) groups excluding carboxylic acids is 1. The number of benzene rings is 1. The molecule has 2 aliphatic carbocycles. The number of rotatable bonds is 6. The molecule has 26 heavy (non-hydrogen) atoms. The summed E-state index contributed by atoms with van der Waals surface area (Å²) in [6.45, 7) is 5.20. The molecule has 2 saturated carbocycles. The summed E-state index contributed by atoms with van der Waals surface area (Å²) in [5, 5.41) is 3.24. The van der Waals surface area contributed by atoms with Gasteiger partial charge in [0.05, 0.1) is 0 Å². The number of hydrogen-bond acceptors (Lipinski definition) is 3. The molecule has 4 heteroatoms. The molecule has 2 bridgehead atoms. The summed E-state index contributed by atoms with van der Waals surface area (Å²) in [6.07, 6.45) is 6.13. The largest absolute Gasteiger partial charge is 0.356 e. The minimum absolute atomic E-state index is 0.314. The Hall–Kier alpha value is -1.39. The molecule has 142 valence electrons. The molecule has 1 aromatic carbocycles. The van der Waals surface area contributed by atoms with E-state index in [-0.39, 0.29) is 0 Å². The Bertz CT molecular complexity index is 605. The highest BCUT2D eigenvalue weighted by Gasteiger charge is 2.42. The van der Waals surface area contributed by atoms with Gasteiger partial charge in [-0.15, -0.1) is 0 Å². The van der Waals surface area contributed by atoms with E-state index in [1.807, 2.05) is 0 Å². The van der Waals surface area contributed by atoms with Gasteiger partial charge >= 0.3 is 0 Å². The third kappa shape index (κ3) is 3.96. The van der Waals surface area contributed by atoms with Crippen molar-refractivity contribution in [1.29, 1.82) is 0 Å². The van der Waals surface area contributed by atoms with Gasteiger partial charge in [0.1, 0.15) is 0 Å². The molecule has 0 spiro atoms. The molecule has 4 nitrogen and oxygen atoms in total. The van der Waals surface area contributed by atoms with Crippen LogP contribution in [0.2, 0.25) is 0 Å². The number of piperazine rings is 1. The molecule has 4 atom stereocenters. The maximum Gasteiger partial charge on any atom is 0.223 e. The molecule has 1 N–H and O–H groups in total. The topological polar surface area (TPSA) is 35.6 Å². The fraction of sp³-hybridized carbons (Fsp3) is 0.682. The van der Waals surface area contributed by atoms with Crippen molar-refractivity contribution in [3.8, 4) is 0 Å². The Morgan fingerprint density at radius 1 is 1.15 bits per heavy atom. The van der Waals surface area contributed by atoms with E-state index in [1.165, 1.54) is 24.8 Å². The highest BCUT2D eigenvalue weighted by molar-refractivity contribution is 5.79. The van der Waals surface area contributed by atoms with E-state index in [9.17, 15) is 4.79 Å². The van der Waals surface area contributed by atoms with Crippen molar-refractivity contribution >= 4 is 5.91 Å². The molecular formula is C22H33N3O.